The van der Waals surface area contributed by atoms with E-state index >= 15 is 0 Å². The van der Waals surface area contributed by atoms with E-state index in [-0.39, 0.29) is 17.5 Å². The molecular weight excluding hydrogens is 389 g/mol. The first kappa shape index (κ1) is 20.3. The molecule has 1 atom stereocenters. The van der Waals surface area contributed by atoms with Crippen LogP contribution in [0.2, 0.25) is 0 Å². The first-order chi connectivity index (χ1) is 13.9. The SMILES string of the molecule is CN1CCCc2cc(C(CNS(=O)(=O)c3cccc(F)c3)N3CCCC3)ccc21. The molecule has 5 nitrogen and oxygen atoms in total. The lowest BCUT2D eigenvalue weighted by Crippen LogP contribution is -2.37. The summed E-state index contributed by atoms with van der Waals surface area (Å²) in [6, 6.07) is 11.6. The van der Waals surface area contributed by atoms with Crippen molar-refractivity contribution in [1.82, 2.24) is 9.62 Å². The van der Waals surface area contributed by atoms with Crippen molar-refractivity contribution in [3.63, 3.8) is 0 Å². The molecule has 2 heterocycles. The summed E-state index contributed by atoms with van der Waals surface area (Å²) in [4.78, 5) is 4.59. The van der Waals surface area contributed by atoms with Crippen LogP contribution in [0.25, 0.3) is 0 Å². The number of benzene rings is 2. The van der Waals surface area contributed by atoms with Crippen molar-refractivity contribution in [2.75, 3.05) is 38.1 Å². The topological polar surface area (TPSA) is 52.7 Å². The van der Waals surface area contributed by atoms with Crippen LogP contribution < -0.4 is 9.62 Å². The van der Waals surface area contributed by atoms with Gasteiger partial charge in [-0.15, -0.1) is 0 Å². The fourth-order valence-corrected chi connectivity index (χ4v) is 5.50. The molecule has 1 N–H and O–H groups in total. The average molecular weight is 418 g/mol. The number of hydrogen-bond donors (Lipinski definition) is 1. The lowest BCUT2D eigenvalue weighted by atomic mass is 9.96. The average Bonchev–Trinajstić information content (AvgIpc) is 3.23. The number of hydrogen-bond acceptors (Lipinski definition) is 4. The maximum Gasteiger partial charge on any atom is 0.240 e. The van der Waals surface area contributed by atoms with E-state index in [2.05, 4.69) is 39.8 Å². The number of anilines is 1. The van der Waals surface area contributed by atoms with Gasteiger partial charge in [-0.05, 0) is 74.2 Å². The molecule has 0 amide bonds. The number of fused-ring (bicyclic) bond motifs is 1. The Morgan fingerprint density at radius 2 is 1.86 bits per heavy atom. The van der Waals surface area contributed by atoms with Crippen LogP contribution in [-0.2, 0) is 16.4 Å². The first-order valence-electron chi connectivity index (χ1n) is 10.3. The summed E-state index contributed by atoms with van der Waals surface area (Å²) in [6.45, 7) is 3.26. The normalized spacial score (nSPS) is 18.6. The van der Waals surface area contributed by atoms with Crippen molar-refractivity contribution in [3.05, 3.63) is 59.4 Å². The van der Waals surface area contributed by atoms with Crippen molar-refractivity contribution in [2.24, 2.45) is 0 Å². The van der Waals surface area contributed by atoms with Gasteiger partial charge in [0.25, 0.3) is 0 Å². The zero-order valence-corrected chi connectivity index (χ0v) is 17.6. The van der Waals surface area contributed by atoms with Gasteiger partial charge in [0.05, 0.1) is 4.90 Å². The van der Waals surface area contributed by atoms with Gasteiger partial charge in [-0.3, -0.25) is 4.90 Å². The standard InChI is InChI=1S/C22H28FN3O2S/c1-25-11-5-6-17-14-18(9-10-21(17)25)22(26-12-2-3-13-26)16-24-29(27,28)20-8-4-7-19(23)15-20/h4,7-10,14-15,22,24H,2-3,5-6,11-13,16H2,1H3. The molecule has 0 aliphatic carbocycles. The number of likely N-dealkylation sites (tertiary alicyclic amines) is 1. The molecule has 0 bridgehead atoms. The van der Waals surface area contributed by atoms with Crippen LogP contribution in [0.15, 0.2) is 47.4 Å². The van der Waals surface area contributed by atoms with Crippen molar-refractivity contribution < 1.29 is 12.8 Å². The summed E-state index contributed by atoms with van der Waals surface area (Å²) in [6.07, 6.45) is 4.43. The third-order valence-electron chi connectivity index (χ3n) is 5.99. The van der Waals surface area contributed by atoms with Crippen molar-refractivity contribution in [2.45, 2.75) is 36.6 Å². The molecule has 2 aromatic carbocycles. The molecule has 29 heavy (non-hydrogen) atoms. The third-order valence-corrected chi connectivity index (χ3v) is 7.41. The number of nitrogens with zero attached hydrogens (tertiary/aromatic N) is 2. The van der Waals surface area contributed by atoms with Gasteiger partial charge in [-0.2, -0.15) is 0 Å². The smallest absolute Gasteiger partial charge is 0.240 e. The van der Waals surface area contributed by atoms with Crippen LogP contribution in [-0.4, -0.2) is 46.5 Å². The molecule has 2 aromatic rings. The Morgan fingerprint density at radius 1 is 1.07 bits per heavy atom. The summed E-state index contributed by atoms with van der Waals surface area (Å²) in [5.41, 5.74) is 3.73. The van der Waals surface area contributed by atoms with Gasteiger partial charge in [-0.25, -0.2) is 17.5 Å². The molecule has 4 rings (SSSR count). The summed E-state index contributed by atoms with van der Waals surface area (Å²) in [5, 5.41) is 0. The monoisotopic (exact) mass is 417 g/mol. The number of rotatable bonds is 6. The number of nitrogens with one attached hydrogen (secondary N) is 1. The quantitative estimate of drug-likeness (QED) is 0.783. The molecule has 0 radical (unpaired) electrons. The van der Waals surface area contributed by atoms with Crippen LogP contribution in [0, 0.1) is 5.82 Å². The van der Waals surface area contributed by atoms with Crippen molar-refractivity contribution in [3.8, 4) is 0 Å². The van der Waals surface area contributed by atoms with E-state index < -0.39 is 15.8 Å². The van der Waals surface area contributed by atoms with E-state index in [9.17, 15) is 12.8 Å². The van der Waals surface area contributed by atoms with E-state index in [0.717, 1.165) is 56.9 Å². The Labute approximate surface area is 172 Å². The highest BCUT2D eigenvalue weighted by Crippen LogP contribution is 2.32. The molecule has 0 spiro atoms. The van der Waals surface area contributed by atoms with Gasteiger partial charge in [0.1, 0.15) is 5.82 Å². The lowest BCUT2D eigenvalue weighted by Gasteiger charge is -2.31. The maximum absolute atomic E-state index is 13.5. The molecule has 0 aromatic heterocycles. The Morgan fingerprint density at radius 3 is 2.62 bits per heavy atom. The Bertz CT molecular complexity index is 974. The van der Waals surface area contributed by atoms with Gasteiger partial charge < -0.3 is 4.90 Å². The van der Waals surface area contributed by atoms with E-state index in [1.165, 1.54) is 29.4 Å². The number of sulfonamides is 1. The Kier molecular flexibility index (Phi) is 5.90. The third kappa shape index (κ3) is 4.47. The van der Waals surface area contributed by atoms with E-state index in [1.54, 1.807) is 0 Å². The molecule has 7 heteroatoms. The van der Waals surface area contributed by atoms with Gasteiger partial charge in [0.2, 0.25) is 10.0 Å². The van der Waals surface area contributed by atoms with Gasteiger partial charge >= 0.3 is 0 Å². The second-order valence-corrected chi connectivity index (χ2v) is 9.75. The van der Waals surface area contributed by atoms with Gasteiger partial charge in [0.15, 0.2) is 0 Å². The molecule has 0 saturated carbocycles. The minimum atomic E-state index is -3.77. The molecule has 2 aliphatic heterocycles. The van der Waals surface area contributed by atoms with Crippen LogP contribution >= 0.6 is 0 Å². The minimum absolute atomic E-state index is 0.0293. The Hall–Kier alpha value is -1.96. The van der Waals surface area contributed by atoms with Gasteiger partial charge in [-0.1, -0.05) is 18.2 Å². The van der Waals surface area contributed by atoms with E-state index in [0.29, 0.717) is 0 Å². The van der Waals surface area contributed by atoms with Crippen LogP contribution in [0.3, 0.4) is 0 Å². The molecule has 2 aliphatic rings. The van der Waals surface area contributed by atoms with Crippen molar-refractivity contribution in [1.29, 1.82) is 0 Å². The van der Waals surface area contributed by atoms with Crippen LogP contribution in [0.5, 0.6) is 0 Å². The second-order valence-electron chi connectivity index (χ2n) is 7.98. The lowest BCUT2D eigenvalue weighted by molar-refractivity contribution is 0.246. The largest absolute Gasteiger partial charge is 0.374 e. The molecule has 1 saturated heterocycles. The second kappa shape index (κ2) is 8.42. The van der Waals surface area contributed by atoms with E-state index in [1.807, 2.05) is 0 Å². The number of halogens is 1. The number of aryl methyl sites for hydroxylation is 1. The van der Waals surface area contributed by atoms with E-state index in [4.69, 9.17) is 0 Å². The summed E-state index contributed by atoms with van der Waals surface area (Å²) >= 11 is 0. The van der Waals surface area contributed by atoms with Crippen molar-refractivity contribution >= 4 is 15.7 Å². The molecule has 1 unspecified atom stereocenters. The highest BCUT2D eigenvalue weighted by molar-refractivity contribution is 7.89. The van der Waals surface area contributed by atoms with Gasteiger partial charge in [0, 0.05) is 31.9 Å². The summed E-state index contributed by atoms with van der Waals surface area (Å²) < 4.78 is 41.6. The zero-order valence-electron chi connectivity index (χ0n) is 16.8. The minimum Gasteiger partial charge on any atom is -0.374 e. The predicted molar refractivity (Wildman–Crippen MR) is 113 cm³/mol. The zero-order chi connectivity index (χ0) is 20.4. The highest BCUT2D eigenvalue weighted by atomic mass is 32.2. The fourth-order valence-electron chi connectivity index (χ4n) is 4.43. The fraction of sp³-hybridized carbons (Fsp3) is 0.455. The molecular formula is C22H28FN3O2S. The first-order valence-corrected chi connectivity index (χ1v) is 11.8. The Balaban J connectivity index is 1.58. The molecule has 156 valence electrons. The summed E-state index contributed by atoms with van der Waals surface area (Å²) in [7, 11) is -1.65. The highest BCUT2D eigenvalue weighted by Gasteiger charge is 2.27. The summed E-state index contributed by atoms with van der Waals surface area (Å²) in [5.74, 6) is -0.553. The van der Waals surface area contributed by atoms with Crippen LogP contribution in [0.4, 0.5) is 10.1 Å². The maximum atomic E-state index is 13.5. The predicted octanol–water partition coefficient (Wildman–Crippen LogP) is 3.32. The molecule has 1 fully saturated rings. The van der Waals surface area contributed by atoms with Crippen LogP contribution in [0.1, 0.15) is 36.4 Å².